The third-order valence-corrected chi connectivity index (χ3v) is 4.27. The van der Waals surface area contributed by atoms with Gasteiger partial charge >= 0.3 is 6.09 Å². The second kappa shape index (κ2) is 6.15. The zero-order valence-corrected chi connectivity index (χ0v) is 12.9. The molecule has 1 aliphatic rings. The van der Waals surface area contributed by atoms with Crippen LogP contribution < -0.4 is 10.2 Å². The van der Waals surface area contributed by atoms with Crippen LogP contribution in [-0.4, -0.2) is 30.6 Å². The van der Waals surface area contributed by atoms with Gasteiger partial charge < -0.3 is 9.64 Å². The largest absolute Gasteiger partial charge is 0.453 e. The fraction of sp³-hybridized carbons (Fsp3) is 0.267. The molecular formula is C15H15N3O3S. The second-order valence-corrected chi connectivity index (χ2v) is 5.72. The number of amides is 2. The molecule has 6 nitrogen and oxygen atoms in total. The monoisotopic (exact) mass is 317 g/mol. The van der Waals surface area contributed by atoms with E-state index in [1.54, 1.807) is 10.3 Å². The number of thiazole rings is 1. The first-order chi connectivity index (χ1) is 10.7. The molecule has 1 N–H and O–H groups in total. The quantitative estimate of drug-likeness (QED) is 0.944. The standard InChI is InChI=1S/C15H15N3O3S/c1-21-15(20)17-14-16-11(9-22-14)8-13(19)18-7-6-10-4-2-3-5-12(10)18/h2-5,9H,6-8H2,1H3,(H,16,17,20). The van der Waals surface area contributed by atoms with Gasteiger partial charge in [0.05, 0.1) is 19.2 Å². The molecule has 0 fully saturated rings. The van der Waals surface area contributed by atoms with Crippen LogP contribution in [0.15, 0.2) is 29.6 Å². The predicted molar refractivity (Wildman–Crippen MR) is 84.3 cm³/mol. The maximum Gasteiger partial charge on any atom is 0.413 e. The van der Waals surface area contributed by atoms with Gasteiger partial charge in [0.1, 0.15) is 0 Å². The first-order valence-corrected chi connectivity index (χ1v) is 7.73. The molecule has 2 amide bonds. The number of carbonyl (C=O) groups excluding carboxylic acids is 2. The highest BCUT2D eigenvalue weighted by molar-refractivity contribution is 7.13. The summed E-state index contributed by atoms with van der Waals surface area (Å²) in [7, 11) is 1.29. The number of aromatic nitrogens is 1. The van der Waals surface area contributed by atoms with Crippen LogP contribution in [0.5, 0.6) is 0 Å². The Kier molecular flexibility index (Phi) is 4.06. The summed E-state index contributed by atoms with van der Waals surface area (Å²) in [6, 6.07) is 7.93. The highest BCUT2D eigenvalue weighted by Crippen LogP contribution is 2.28. The second-order valence-electron chi connectivity index (χ2n) is 4.86. The summed E-state index contributed by atoms with van der Waals surface area (Å²) in [6.45, 7) is 0.704. The number of carbonyl (C=O) groups is 2. The van der Waals surface area contributed by atoms with Crippen LogP contribution in [0.25, 0.3) is 0 Å². The summed E-state index contributed by atoms with van der Waals surface area (Å²) in [5.41, 5.74) is 2.82. The van der Waals surface area contributed by atoms with Gasteiger partial charge in [-0.2, -0.15) is 0 Å². The molecule has 2 aromatic rings. The van der Waals surface area contributed by atoms with Gasteiger partial charge in [0.15, 0.2) is 5.13 Å². The van der Waals surface area contributed by atoms with Crippen LogP contribution in [0.2, 0.25) is 0 Å². The fourth-order valence-corrected chi connectivity index (χ4v) is 3.13. The lowest BCUT2D eigenvalue weighted by atomic mass is 10.2. The number of nitrogens with zero attached hydrogens (tertiary/aromatic N) is 2. The van der Waals surface area contributed by atoms with E-state index < -0.39 is 6.09 Å². The molecule has 0 unspecified atom stereocenters. The third-order valence-electron chi connectivity index (χ3n) is 3.47. The number of rotatable bonds is 3. The van der Waals surface area contributed by atoms with Gasteiger partial charge in [0.2, 0.25) is 5.91 Å². The van der Waals surface area contributed by atoms with E-state index in [-0.39, 0.29) is 12.3 Å². The van der Waals surface area contributed by atoms with Gasteiger partial charge in [-0.3, -0.25) is 10.1 Å². The maximum atomic E-state index is 12.4. The molecular weight excluding hydrogens is 302 g/mol. The van der Waals surface area contributed by atoms with Crippen molar-refractivity contribution < 1.29 is 14.3 Å². The predicted octanol–water partition coefficient (Wildman–Crippen LogP) is 2.45. The molecule has 0 aliphatic carbocycles. The number of methoxy groups -OCH3 is 1. The molecule has 0 bridgehead atoms. The molecule has 0 radical (unpaired) electrons. The Hall–Kier alpha value is -2.41. The molecule has 1 aromatic carbocycles. The highest BCUT2D eigenvalue weighted by Gasteiger charge is 2.24. The van der Waals surface area contributed by atoms with Gasteiger partial charge in [-0.05, 0) is 18.1 Å². The summed E-state index contributed by atoms with van der Waals surface area (Å²) in [6.07, 6.45) is 0.530. The van der Waals surface area contributed by atoms with Crippen LogP contribution in [0.4, 0.5) is 15.6 Å². The number of hydrogen-bond donors (Lipinski definition) is 1. The lowest BCUT2D eigenvalue weighted by Gasteiger charge is -2.16. The average molecular weight is 317 g/mol. The topological polar surface area (TPSA) is 71.5 Å². The van der Waals surface area contributed by atoms with Crippen molar-refractivity contribution in [3.8, 4) is 0 Å². The summed E-state index contributed by atoms with van der Waals surface area (Å²) >= 11 is 1.27. The van der Waals surface area contributed by atoms with Crippen LogP contribution in [0, 0.1) is 0 Å². The van der Waals surface area contributed by atoms with E-state index in [4.69, 9.17) is 0 Å². The van der Waals surface area contributed by atoms with Crippen molar-refractivity contribution in [2.24, 2.45) is 0 Å². The molecule has 2 heterocycles. The molecule has 0 atom stereocenters. The van der Waals surface area contributed by atoms with Gasteiger partial charge in [0.25, 0.3) is 0 Å². The number of ether oxygens (including phenoxy) is 1. The van der Waals surface area contributed by atoms with Crippen molar-refractivity contribution in [2.45, 2.75) is 12.8 Å². The number of hydrogen-bond acceptors (Lipinski definition) is 5. The van der Waals surface area contributed by atoms with Crippen LogP contribution in [0.3, 0.4) is 0 Å². The summed E-state index contributed by atoms with van der Waals surface area (Å²) in [5, 5.41) is 4.69. The van der Waals surface area contributed by atoms with Gasteiger partial charge in [-0.15, -0.1) is 11.3 Å². The van der Waals surface area contributed by atoms with E-state index in [9.17, 15) is 9.59 Å². The number of fused-ring (bicyclic) bond motifs is 1. The lowest BCUT2D eigenvalue weighted by molar-refractivity contribution is -0.117. The molecule has 0 saturated heterocycles. The molecule has 7 heteroatoms. The van der Waals surface area contributed by atoms with E-state index >= 15 is 0 Å². The average Bonchev–Trinajstić information content (AvgIpc) is 3.13. The van der Waals surface area contributed by atoms with E-state index in [2.05, 4.69) is 15.0 Å². The van der Waals surface area contributed by atoms with Gasteiger partial charge in [-0.1, -0.05) is 18.2 Å². The molecule has 1 aliphatic heterocycles. The number of para-hydroxylation sites is 1. The molecule has 0 saturated carbocycles. The van der Waals surface area contributed by atoms with Crippen molar-refractivity contribution in [2.75, 3.05) is 23.9 Å². The maximum absolute atomic E-state index is 12.4. The zero-order chi connectivity index (χ0) is 15.5. The van der Waals surface area contributed by atoms with Gasteiger partial charge in [0, 0.05) is 17.6 Å². The highest BCUT2D eigenvalue weighted by atomic mass is 32.1. The Morgan fingerprint density at radius 2 is 2.23 bits per heavy atom. The van der Waals surface area contributed by atoms with Crippen LogP contribution >= 0.6 is 11.3 Å². The first-order valence-electron chi connectivity index (χ1n) is 6.85. The Morgan fingerprint density at radius 1 is 1.41 bits per heavy atom. The van der Waals surface area contributed by atoms with E-state index in [0.717, 1.165) is 12.1 Å². The zero-order valence-electron chi connectivity index (χ0n) is 12.0. The van der Waals surface area contributed by atoms with Crippen LogP contribution in [-0.2, 0) is 22.4 Å². The van der Waals surface area contributed by atoms with E-state index in [0.29, 0.717) is 17.4 Å². The molecule has 3 rings (SSSR count). The molecule has 114 valence electrons. The number of benzene rings is 1. The van der Waals surface area contributed by atoms with Crippen molar-refractivity contribution >= 4 is 34.2 Å². The van der Waals surface area contributed by atoms with Crippen molar-refractivity contribution in [1.82, 2.24) is 4.98 Å². The normalized spacial score (nSPS) is 12.9. The minimum Gasteiger partial charge on any atom is -0.453 e. The Bertz CT molecular complexity index is 714. The SMILES string of the molecule is COC(=O)Nc1nc(CC(=O)N2CCc3ccccc32)cs1. The lowest BCUT2D eigenvalue weighted by Crippen LogP contribution is -2.30. The van der Waals surface area contributed by atoms with E-state index in [1.807, 2.05) is 24.3 Å². The minimum atomic E-state index is -0.569. The molecule has 0 spiro atoms. The minimum absolute atomic E-state index is 0.0138. The number of nitrogens with one attached hydrogen (secondary N) is 1. The summed E-state index contributed by atoms with van der Waals surface area (Å²) < 4.78 is 4.51. The molecule has 22 heavy (non-hydrogen) atoms. The Morgan fingerprint density at radius 3 is 3.05 bits per heavy atom. The van der Waals surface area contributed by atoms with Crippen molar-refractivity contribution in [3.63, 3.8) is 0 Å². The smallest absolute Gasteiger partial charge is 0.413 e. The Balaban J connectivity index is 1.67. The molecule has 1 aromatic heterocycles. The number of anilines is 2. The van der Waals surface area contributed by atoms with Crippen molar-refractivity contribution in [1.29, 1.82) is 0 Å². The summed E-state index contributed by atoms with van der Waals surface area (Å²) in [5.74, 6) is 0.0138. The van der Waals surface area contributed by atoms with Crippen LogP contribution in [0.1, 0.15) is 11.3 Å². The first kappa shape index (κ1) is 14.5. The fourth-order valence-electron chi connectivity index (χ4n) is 2.43. The summed E-state index contributed by atoms with van der Waals surface area (Å²) in [4.78, 5) is 29.6. The van der Waals surface area contributed by atoms with Gasteiger partial charge in [-0.25, -0.2) is 9.78 Å². The third kappa shape index (κ3) is 2.94. The van der Waals surface area contributed by atoms with E-state index in [1.165, 1.54) is 24.0 Å². The van der Waals surface area contributed by atoms with Crippen molar-refractivity contribution in [3.05, 3.63) is 40.9 Å². The Labute approximate surface area is 131 Å².